The highest BCUT2D eigenvalue weighted by atomic mass is 32.2. The van der Waals surface area contributed by atoms with Crippen molar-refractivity contribution in [3.05, 3.63) is 17.6 Å². The van der Waals surface area contributed by atoms with Crippen molar-refractivity contribution in [2.24, 2.45) is 5.92 Å². The number of carbonyl (C=O) groups is 1. The topological polar surface area (TPSA) is 92.3 Å². The van der Waals surface area contributed by atoms with Crippen LogP contribution in [0.1, 0.15) is 30.8 Å². The predicted octanol–water partition coefficient (Wildman–Crippen LogP) is 1.32. The summed E-state index contributed by atoms with van der Waals surface area (Å²) in [5.41, 5.74) is -0.970. The van der Waals surface area contributed by atoms with E-state index in [4.69, 9.17) is 0 Å². The smallest absolute Gasteiger partial charge is 0.356 e. The number of carbonyl (C=O) groups excluding carboxylic acids is 1. The number of alkyl halides is 3. The van der Waals surface area contributed by atoms with Gasteiger partial charge in [0.2, 0.25) is 5.91 Å². The Bertz CT molecular complexity index is 821. The molecule has 2 saturated heterocycles. The van der Waals surface area contributed by atoms with Crippen molar-refractivity contribution in [3.8, 4) is 0 Å². The number of nitrogens with zero attached hydrogens (tertiary/aromatic N) is 3. The molecule has 2 aliphatic heterocycles. The van der Waals surface area contributed by atoms with Crippen LogP contribution >= 0.6 is 0 Å². The lowest BCUT2D eigenvalue weighted by molar-refractivity contribution is -0.141. The number of sulfone groups is 1. The second-order valence-corrected chi connectivity index (χ2v) is 9.25. The number of rotatable bonds is 3. The number of halogens is 3. The molecule has 1 aromatic heterocycles. The van der Waals surface area contributed by atoms with Crippen LogP contribution in [-0.4, -0.2) is 54.9 Å². The first-order valence-corrected chi connectivity index (χ1v) is 10.5. The first kappa shape index (κ1) is 19.8. The Morgan fingerprint density at radius 2 is 1.89 bits per heavy atom. The molecule has 1 N–H and O–H groups in total. The van der Waals surface area contributed by atoms with Gasteiger partial charge in [-0.3, -0.25) is 4.79 Å². The van der Waals surface area contributed by atoms with Gasteiger partial charge >= 0.3 is 6.18 Å². The maximum atomic E-state index is 12.9. The minimum Gasteiger partial charge on any atom is -0.356 e. The van der Waals surface area contributed by atoms with E-state index in [1.54, 1.807) is 4.90 Å². The number of aryl methyl sites for hydroxylation is 1. The fourth-order valence-corrected chi connectivity index (χ4v) is 5.17. The number of amides is 1. The van der Waals surface area contributed by atoms with Gasteiger partial charge in [0.1, 0.15) is 17.3 Å². The van der Waals surface area contributed by atoms with Gasteiger partial charge in [-0.25, -0.2) is 18.4 Å². The first-order chi connectivity index (χ1) is 12.5. The molecule has 2 fully saturated rings. The van der Waals surface area contributed by atoms with Crippen LogP contribution in [0.5, 0.6) is 0 Å². The fourth-order valence-electron chi connectivity index (χ4n) is 3.43. The summed E-state index contributed by atoms with van der Waals surface area (Å²) < 4.78 is 61.7. The number of hydrogen-bond donors (Lipinski definition) is 1. The van der Waals surface area contributed by atoms with Crippen molar-refractivity contribution < 1.29 is 26.4 Å². The Morgan fingerprint density at radius 3 is 2.44 bits per heavy atom. The molecule has 0 spiro atoms. The van der Waals surface area contributed by atoms with Gasteiger partial charge in [0.05, 0.1) is 17.4 Å². The Morgan fingerprint density at radius 1 is 1.22 bits per heavy atom. The van der Waals surface area contributed by atoms with Crippen molar-refractivity contribution in [2.45, 2.75) is 38.4 Å². The van der Waals surface area contributed by atoms with E-state index in [9.17, 15) is 26.4 Å². The molecule has 0 saturated carbocycles. The van der Waals surface area contributed by atoms with Gasteiger partial charge in [0.15, 0.2) is 9.84 Å². The molecule has 1 amide bonds. The van der Waals surface area contributed by atoms with Gasteiger partial charge in [-0.1, -0.05) is 0 Å². The van der Waals surface area contributed by atoms with Crippen molar-refractivity contribution >= 4 is 21.6 Å². The molecule has 11 heteroatoms. The average molecular weight is 406 g/mol. The van der Waals surface area contributed by atoms with E-state index in [0.717, 1.165) is 6.07 Å². The molecule has 0 radical (unpaired) electrons. The molecule has 0 unspecified atom stereocenters. The molecule has 2 aliphatic rings. The Hall–Kier alpha value is -1.91. The van der Waals surface area contributed by atoms with Gasteiger partial charge in [-0.2, -0.15) is 13.2 Å². The van der Waals surface area contributed by atoms with E-state index >= 15 is 0 Å². The molecule has 1 atom stereocenters. The van der Waals surface area contributed by atoms with Gasteiger partial charge < -0.3 is 10.2 Å². The summed E-state index contributed by atoms with van der Waals surface area (Å²) in [6.45, 7) is 2.31. The summed E-state index contributed by atoms with van der Waals surface area (Å²) in [6.07, 6.45) is -3.09. The molecule has 3 heterocycles. The van der Waals surface area contributed by atoms with Gasteiger partial charge in [-0.15, -0.1) is 0 Å². The van der Waals surface area contributed by atoms with Crippen LogP contribution in [0.2, 0.25) is 0 Å². The van der Waals surface area contributed by atoms with Crippen LogP contribution in [0.25, 0.3) is 0 Å². The second kappa shape index (κ2) is 7.25. The molecule has 0 bridgehead atoms. The first-order valence-electron chi connectivity index (χ1n) is 8.72. The standard InChI is InChI=1S/C16H21F3N4O3S/c1-10-20-13(16(17,18)19)8-14(21-10)23-5-2-12(3-6-23)22-15(24)11-4-7-27(25,26)9-11/h8,11-12H,2-7,9H2,1H3,(H,22,24)/t11-/m1/s1. The summed E-state index contributed by atoms with van der Waals surface area (Å²) in [5.74, 6) is -0.561. The molecule has 0 aromatic carbocycles. The molecule has 1 aromatic rings. The van der Waals surface area contributed by atoms with E-state index in [1.165, 1.54) is 6.92 Å². The third-order valence-corrected chi connectivity index (χ3v) is 6.65. The summed E-state index contributed by atoms with van der Waals surface area (Å²) in [6, 6.07) is 0.817. The second-order valence-electron chi connectivity index (χ2n) is 7.03. The largest absolute Gasteiger partial charge is 0.433 e. The number of piperidine rings is 1. The van der Waals surface area contributed by atoms with Crippen LogP contribution in [-0.2, 0) is 20.8 Å². The van der Waals surface area contributed by atoms with Crippen molar-refractivity contribution in [1.29, 1.82) is 0 Å². The van der Waals surface area contributed by atoms with Crippen LogP contribution < -0.4 is 10.2 Å². The Kier molecular flexibility index (Phi) is 5.33. The molecule has 7 nitrogen and oxygen atoms in total. The molecule has 150 valence electrons. The number of anilines is 1. The fraction of sp³-hybridized carbons (Fsp3) is 0.688. The van der Waals surface area contributed by atoms with Crippen LogP contribution in [0.3, 0.4) is 0 Å². The van der Waals surface area contributed by atoms with Gasteiger partial charge in [-0.05, 0) is 26.2 Å². The molecule has 0 aliphatic carbocycles. The monoisotopic (exact) mass is 406 g/mol. The van der Waals surface area contributed by atoms with Crippen LogP contribution in [0, 0.1) is 12.8 Å². The number of hydrogen-bond acceptors (Lipinski definition) is 6. The van der Waals surface area contributed by atoms with E-state index in [0.29, 0.717) is 32.4 Å². The highest BCUT2D eigenvalue weighted by molar-refractivity contribution is 7.91. The van der Waals surface area contributed by atoms with E-state index in [-0.39, 0.29) is 35.1 Å². The van der Waals surface area contributed by atoms with E-state index in [1.807, 2.05) is 0 Å². The summed E-state index contributed by atoms with van der Waals surface area (Å²) in [5, 5.41) is 2.87. The minimum atomic E-state index is -4.53. The summed E-state index contributed by atoms with van der Waals surface area (Å²) >= 11 is 0. The Balaban J connectivity index is 1.58. The predicted molar refractivity (Wildman–Crippen MR) is 91.9 cm³/mol. The van der Waals surface area contributed by atoms with E-state index < -0.39 is 27.6 Å². The van der Waals surface area contributed by atoms with Crippen molar-refractivity contribution in [1.82, 2.24) is 15.3 Å². The zero-order valence-electron chi connectivity index (χ0n) is 14.8. The molecular formula is C16H21F3N4O3S. The van der Waals surface area contributed by atoms with Crippen molar-refractivity contribution in [3.63, 3.8) is 0 Å². The van der Waals surface area contributed by atoms with Crippen molar-refractivity contribution in [2.75, 3.05) is 29.5 Å². The van der Waals surface area contributed by atoms with E-state index in [2.05, 4.69) is 15.3 Å². The van der Waals surface area contributed by atoms with Crippen LogP contribution in [0.4, 0.5) is 19.0 Å². The average Bonchev–Trinajstić information content (AvgIpc) is 2.94. The molecular weight excluding hydrogens is 385 g/mol. The minimum absolute atomic E-state index is 0.0398. The molecule has 27 heavy (non-hydrogen) atoms. The maximum Gasteiger partial charge on any atom is 0.433 e. The normalized spacial score (nSPS) is 23.4. The number of nitrogens with one attached hydrogen (secondary N) is 1. The van der Waals surface area contributed by atoms with Gasteiger partial charge in [0, 0.05) is 25.2 Å². The zero-order valence-corrected chi connectivity index (χ0v) is 15.6. The molecule has 3 rings (SSSR count). The summed E-state index contributed by atoms with van der Waals surface area (Å²) in [4.78, 5) is 21.5. The maximum absolute atomic E-state index is 12.9. The summed E-state index contributed by atoms with van der Waals surface area (Å²) in [7, 11) is -3.12. The third-order valence-electron chi connectivity index (χ3n) is 4.88. The van der Waals surface area contributed by atoms with Crippen LogP contribution in [0.15, 0.2) is 6.07 Å². The zero-order chi connectivity index (χ0) is 19.8. The quantitative estimate of drug-likeness (QED) is 0.814. The van der Waals surface area contributed by atoms with Gasteiger partial charge in [0.25, 0.3) is 0 Å². The number of aromatic nitrogens is 2. The highest BCUT2D eigenvalue weighted by Crippen LogP contribution is 2.30. The lowest BCUT2D eigenvalue weighted by Crippen LogP contribution is -2.46. The third kappa shape index (κ3) is 4.88. The lowest BCUT2D eigenvalue weighted by Gasteiger charge is -2.33. The Labute approximate surface area is 155 Å². The highest BCUT2D eigenvalue weighted by Gasteiger charge is 2.35. The SMILES string of the molecule is Cc1nc(N2CCC(NC(=O)[C@@H]3CCS(=O)(=O)C3)CC2)cc(C(F)(F)F)n1. The lowest BCUT2D eigenvalue weighted by atomic mass is 10.0.